The quantitative estimate of drug-likeness (QED) is 0.105. The van der Waals surface area contributed by atoms with E-state index in [1.165, 1.54) is 348 Å². The molecule has 0 heteroatoms. The van der Waals surface area contributed by atoms with Gasteiger partial charge < -0.3 is 0 Å². The van der Waals surface area contributed by atoms with Gasteiger partial charge in [-0.05, 0) is 569 Å². The maximum Gasteiger partial charge on any atom is -0.000793 e. The van der Waals surface area contributed by atoms with Crippen LogP contribution in [0.25, 0.3) is 86.2 Å². The molecule has 480 valence electrons. The Balaban J connectivity index is 0.000000145. The molecule has 96 heavy (non-hydrogen) atoms. The minimum Gasteiger partial charge on any atom is -0.0443 e. The second-order valence-electron chi connectivity index (χ2n) is 32.0. The molecule has 0 fully saturated rings. The first-order valence-corrected chi connectivity index (χ1v) is 36.0. The van der Waals surface area contributed by atoms with Gasteiger partial charge in [-0.3, -0.25) is 0 Å². The molecule has 14 aromatic rings. The second-order valence-corrected chi connectivity index (χ2v) is 32.0. The lowest BCUT2D eigenvalue weighted by molar-refractivity contribution is 1.16. The third kappa shape index (κ3) is 6.32. The van der Waals surface area contributed by atoms with Crippen LogP contribution in [0.1, 0.15) is 178 Å². The van der Waals surface area contributed by atoms with Crippen LogP contribution in [0.2, 0.25) is 0 Å². The van der Waals surface area contributed by atoms with Crippen LogP contribution in [-0.2, 0) is 0 Å². The zero-order valence-electron chi connectivity index (χ0n) is 64.0. The molecule has 0 saturated carbocycles. The van der Waals surface area contributed by atoms with Crippen molar-refractivity contribution in [3.05, 3.63) is 262 Å². The van der Waals surface area contributed by atoms with Crippen LogP contribution in [0.15, 0.2) is 0 Å². The van der Waals surface area contributed by atoms with Crippen LogP contribution in [0.3, 0.4) is 0 Å². The Bertz CT molecular complexity index is 6060. The van der Waals surface area contributed by atoms with E-state index in [0.29, 0.717) is 0 Å². The maximum atomic E-state index is 2.43. The predicted octanol–water partition coefficient (Wildman–Crippen LogP) is 24.9. The highest BCUT2D eigenvalue weighted by Crippen LogP contribution is 2.55. The summed E-state index contributed by atoms with van der Waals surface area (Å²) in [7, 11) is 0. The number of hydrogen-bond donors (Lipinski definition) is 0. The highest BCUT2D eigenvalue weighted by molar-refractivity contribution is 6.38. The van der Waals surface area contributed by atoms with Crippen LogP contribution in [-0.4, -0.2) is 0 Å². The van der Waals surface area contributed by atoms with Gasteiger partial charge in [-0.15, -0.1) is 0 Å². The van der Waals surface area contributed by atoms with E-state index >= 15 is 0 Å². The van der Waals surface area contributed by atoms with Crippen molar-refractivity contribution in [1.82, 2.24) is 0 Å². The van der Waals surface area contributed by atoms with E-state index in [2.05, 4.69) is 222 Å². The fourth-order valence-electron chi connectivity index (χ4n) is 21.8. The summed E-state index contributed by atoms with van der Waals surface area (Å²) in [5.41, 5.74) is 46.4. The van der Waals surface area contributed by atoms with Gasteiger partial charge in [0.15, 0.2) is 0 Å². The SMILES string of the molecule is Cc1c(C)c(C)c2c(c1C)=c1c(C)c(C)c3c4c(C)c(C)c5c6c(c(C)c(C)c(c7c(C)c(C)c=2c1c37)c64)=c1c(C)c(C)c(C)c(C)c1=5.Cc1c(C)c(C)c2c(c1C)=c1c(C)c(C)c3c4c(C)c(C)c5c6c(c(C)c(C)c(c7c(C)c(C)c=2c1c37)c64)=c1c(C)c(C)c(C)c(C)c1=5. The zero-order valence-corrected chi connectivity index (χ0v) is 64.0. The Hall–Kier alpha value is -8.32. The summed E-state index contributed by atoms with van der Waals surface area (Å²) in [5.74, 6) is 0. The summed E-state index contributed by atoms with van der Waals surface area (Å²) in [6.45, 7) is 76.4. The summed E-state index contributed by atoms with van der Waals surface area (Å²) in [6.07, 6.45) is 0. The molecular weight excluding hydrogens is 1150 g/mol. The third-order valence-corrected chi connectivity index (χ3v) is 29.2. The van der Waals surface area contributed by atoms with Crippen LogP contribution in [0.4, 0.5) is 0 Å². The minimum absolute atomic E-state index is 1.44. The molecule has 14 aromatic carbocycles. The molecule has 4 aliphatic rings. The van der Waals surface area contributed by atoms with E-state index in [9.17, 15) is 0 Å². The molecule has 0 saturated heterocycles. The van der Waals surface area contributed by atoms with E-state index in [-0.39, 0.29) is 0 Å². The molecule has 0 heterocycles. The van der Waals surface area contributed by atoms with Crippen molar-refractivity contribution in [3.8, 4) is 0 Å². The Labute approximate surface area is 565 Å². The first kappa shape index (κ1) is 61.3. The normalized spacial score (nSPS) is 13.0. The Morgan fingerprint density at radius 2 is 0.146 bits per heavy atom. The highest BCUT2D eigenvalue weighted by atomic mass is 14.4. The summed E-state index contributed by atoms with van der Waals surface area (Å²) in [4.78, 5) is 0. The fraction of sp³-hybridized carbons (Fsp3) is 0.333. The van der Waals surface area contributed by atoms with Gasteiger partial charge in [0, 0.05) is 0 Å². The number of hydrogen-bond acceptors (Lipinski definition) is 0. The molecule has 0 aromatic heterocycles. The summed E-state index contributed by atoms with van der Waals surface area (Å²) < 4.78 is 0. The van der Waals surface area contributed by atoms with Gasteiger partial charge in [-0.1, -0.05) is 0 Å². The number of rotatable bonds is 0. The molecule has 0 bridgehead atoms. The van der Waals surface area contributed by atoms with Crippen molar-refractivity contribution in [2.24, 2.45) is 0 Å². The van der Waals surface area contributed by atoms with Crippen LogP contribution >= 0.6 is 0 Å². The van der Waals surface area contributed by atoms with Gasteiger partial charge in [0.25, 0.3) is 0 Å². The number of fused-ring (bicyclic) bond motifs is 8. The largest absolute Gasteiger partial charge is 0.0443 e. The monoisotopic (exact) mass is 1250 g/mol. The number of aryl methyl sites for hydroxylation is 8. The third-order valence-electron chi connectivity index (χ3n) is 29.2. The molecule has 0 spiro atoms. The lowest BCUT2D eigenvalue weighted by atomic mass is 9.78. The zero-order chi connectivity index (χ0) is 69.0. The van der Waals surface area contributed by atoms with Gasteiger partial charge >= 0.3 is 0 Å². The van der Waals surface area contributed by atoms with Crippen molar-refractivity contribution >= 4 is 86.2 Å². The van der Waals surface area contributed by atoms with Gasteiger partial charge in [0.1, 0.15) is 0 Å². The predicted molar refractivity (Wildman–Crippen MR) is 414 cm³/mol. The topological polar surface area (TPSA) is 0 Å². The lowest BCUT2D eigenvalue weighted by Crippen LogP contribution is -2.02. The molecule has 0 radical (unpaired) electrons. The highest BCUT2D eigenvalue weighted by Gasteiger charge is 2.33. The second kappa shape index (κ2) is 18.9. The molecule has 4 aliphatic carbocycles. The van der Waals surface area contributed by atoms with E-state index in [1.807, 2.05) is 0 Å². The Kier molecular flexibility index (Phi) is 12.0. The van der Waals surface area contributed by atoms with Gasteiger partial charge in [0.05, 0.1) is 0 Å². The first-order chi connectivity index (χ1) is 45.1. The van der Waals surface area contributed by atoms with E-state index in [0.717, 1.165) is 0 Å². The van der Waals surface area contributed by atoms with Gasteiger partial charge in [0.2, 0.25) is 0 Å². The molecule has 0 amide bonds. The van der Waals surface area contributed by atoms with E-state index in [4.69, 9.17) is 0 Å². The van der Waals surface area contributed by atoms with Crippen LogP contribution in [0.5, 0.6) is 0 Å². The van der Waals surface area contributed by atoms with Gasteiger partial charge in [-0.2, -0.15) is 0 Å². The van der Waals surface area contributed by atoms with Crippen molar-refractivity contribution in [2.75, 3.05) is 0 Å². The van der Waals surface area contributed by atoms with Crippen molar-refractivity contribution in [3.63, 3.8) is 0 Å². The van der Waals surface area contributed by atoms with Crippen molar-refractivity contribution in [1.29, 1.82) is 0 Å². The molecule has 0 atom stereocenters. The average Bonchev–Trinajstić information content (AvgIpc) is 1.44. The van der Waals surface area contributed by atoms with E-state index < -0.39 is 0 Å². The average molecular weight is 1250 g/mol. The Morgan fingerprint density at radius 3 is 0.240 bits per heavy atom. The number of benzene rings is 14. The minimum atomic E-state index is 1.44. The molecular formula is C96H96. The molecule has 0 nitrogen and oxygen atoms in total. The summed E-state index contributed by atoms with van der Waals surface area (Å²) >= 11 is 0. The summed E-state index contributed by atoms with van der Waals surface area (Å²) in [6, 6.07) is 0. The molecule has 0 N–H and O–H groups in total. The van der Waals surface area contributed by atoms with Crippen molar-refractivity contribution in [2.45, 2.75) is 222 Å². The smallest absolute Gasteiger partial charge is 0.000793 e. The fourth-order valence-corrected chi connectivity index (χ4v) is 21.8. The van der Waals surface area contributed by atoms with Crippen LogP contribution in [0, 0.1) is 305 Å². The summed E-state index contributed by atoms with van der Waals surface area (Å²) in [5, 5.41) is 47.9. The first-order valence-electron chi connectivity index (χ1n) is 36.0. The van der Waals surface area contributed by atoms with Gasteiger partial charge in [-0.25, -0.2) is 0 Å². The lowest BCUT2D eigenvalue weighted by Gasteiger charge is -2.25. The van der Waals surface area contributed by atoms with Crippen molar-refractivity contribution < 1.29 is 0 Å². The standard InChI is InChI=1S/2C48H48/c2*1-17-18(2)22(6)34-33(21(17)5)37-25(9)29(13)41-43-31(15)27(11)39-35-23(7)19(3)20(4)24(8)36(35)40-28(12)32(16)44(48(43)46(39)40)42-30(14)26(10)38(34)45(37)47(41)42/h2*1-16H3. The molecule has 18 rings (SSSR count). The van der Waals surface area contributed by atoms with Crippen LogP contribution < -0.4 is 0 Å². The molecule has 0 unspecified atom stereocenters. The Morgan fingerprint density at radius 1 is 0.0625 bits per heavy atom. The molecule has 0 aliphatic heterocycles. The van der Waals surface area contributed by atoms with E-state index in [1.54, 1.807) is 0 Å². The maximum absolute atomic E-state index is 2.43.